The Balaban J connectivity index is 1.29. The van der Waals surface area contributed by atoms with Crippen molar-refractivity contribution in [3.8, 4) is 22.9 Å². The van der Waals surface area contributed by atoms with Crippen LogP contribution in [0.5, 0.6) is 11.5 Å². The lowest BCUT2D eigenvalue weighted by atomic mass is 9.96. The van der Waals surface area contributed by atoms with Crippen LogP contribution in [0.1, 0.15) is 18.4 Å². The molecule has 3 aromatic rings. The Labute approximate surface area is 179 Å². The number of benzene rings is 2. The van der Waals surface area contributed by atoms with Gasteiger partial charge in [0.15, 0.2) is 0 Å². The van der Waals surface area contributed by atoms with Gasteiger partial charge in [0, 0.05) is 23.6 Å². The van der Waals surface area contributed by atoms with Crippen molar-refractivity contribution in [1.29, 1.82) is 0 Å². The van der Waals surface area contributed by atoms with Crippen molar-refractivity contribution in [1.82, 2.24) is 15.5 Å². The Morgan fingerprint density at radius 1 is 1.27 bits per heavy atom. The average molecular weight is 428 g/mol. The first kappa shape index (κ1) is 20.2. The summed E-state index contributed by atoms with van der Waals surface area (Å²) in [6.07, 6.45) is 1.06. The number of nitrogens with zero attached hydrogens (tertiary/aromatic N) is 2. The number of ether oxygens (including phenoxy) is 2. The quantitative estimate of drug-likeness (QED) is 0.618. The van der Waals surface area contributed by atoms with Crippen LogP contribution < -0.4 is 14.8 Å². The first-order valence-corrected chi connectivity index (χ1v) is 10.2. The Kier molecular flexibility index (Phi) is 6.18. The fourth-order valence-electron chi connectivity index (χ4n) is 3.31. The first-order valence-electron chi connectivity index (χ1n) is 9.87. The van der Waals surface area contributed by atoms with Crippen molar-refractivity contribution in [2.75, 3.05) is 19.8 Å². The minimum Gasteiger partial charge on any atom is -0.494 e. The zero-order valence-corrected chi connectivity index (χ0v) is 17.3. The van der Waals surface area contributed by atoms with Gasteiger partial charge in [0.1, 0.15) is 18.1 Å². The lowest BCUT2D eigenvalue weighted by Gasteiger charge is -2.25. The van der Waals surface area contributed by atoms with Gasteiger partial charge in [-0.2, -0.15) is 4.98 Å². The van der Waals surface area contributed by atoms with Crippen LogP contribution in [0, 0.1) is 5.92 Å². The molecule has 0 spiro atoms. The third-order valence-electron chi connectivity index (χ3n) is 4.83. The molecule has 1 aromatic heterocycles. The molecule has 1 aliphatic rings. The summed E-state index contributed by atoms with van der Waals surface area (Å²) in [6, 6.07) is 12.9. The van der Waals surface area contributed by atoms with E-state index in [1.54, 1.807) is 12.1 Å². The van der Waals surface area contributed by atoms with Crippen molar-refractivity contribution in [2.24, 2.45) is 5.92 Å². The highest BCUT2D eigenvalue weighted by molar-refractivity contribution is 6.30. The van der Waals surface area contributed by atoms with Crippen molar-refractivity contribution in [3.63, 3.8) is 0 Å². The Bertz CT molecular complexity index is 1020. The summed E-state index contributed by atoms with van der Waals surface area (Å²) in [7, 11) is 0. The van der Waals surface area contributed by atoms with Gasteiger partial charge in [-0.1, -0.05) is 16.8 Å². The predicted octanol–water partition coefficient (Wildman–Crippen LogP) is 3.70. The number of carbonyl (C=O) groups excluding carboxylic acids is 1. The molecule has 0 fully saturated rings. The molecule has 1 amide bonds. The first-order chi connectivity index (χ1) is 14.6. The predicted molar refractivity (Wildman–Crippen MR) is 112 cm³/mol. The number of hydrogen-bond donors (Lipinski definition) is 1. The molecule has 1 aliphatic heterocycles. The van der Waals surface area contributed by atoms with E-state index >= 15 is 0 Å². The molecule has 0 bridgehead atoms. The molecule has 2 aromatic carbocycles. The number of carbonyl (C=O) groups is 1. The molecule has 1 atom stereocenters. The van der Waals surface area contributed by atoms with Crippen LogP contribution in [0.15, 0.2) is 47.0 Å². The van der Waals surface area contributed by atoms with E-state index < -0.39 is 0 Å². The van der Waals surface area contributed by atoms with Gasteiger partial charge in [-0.3, -0.25) is 4.79 Å². The Hall–Kier alpha value is -3.06. The van der Waals surface area contributed by atoms with Crippen molar-refractivity contribution < 1.29 is 18.8 Å². The SMILES string of the molecule is CCOc1ccc2c(c1)CC(C(=O)NCCc1nc(-c3ccc(Cl)cc3)no1)CO2. The lowest BCUT2D eigenvalue weighted by Crippen LogP contribution is -2.38. The van der Waals surface area contributed by atoms with E-state index in [9.17, 15) is 4.79 Å². The number of hydrogen-bond acceptors (Lipinski definition) is 6. The molecule has 8 heteroatoms. The largest absolute Gasteiger partial charge is 0.494 e. The van der Waals surface area contributed by atoms with Crippen molar-refractivity contribution in [3.05, 3.63) is 58.9 Å². The maximum Gasteiger partial charge on any atom is 0.228 e. The summed E-state index contributed by atoms with van der Waals surface area (Å²) >= 11 is 5.90. The van der Waals surface area contributed by atoms with Crippen LogP contribution in [0.4, 0.5) is 0 Å². The van der Waals surface area contributed by atoms with E-state index in [-0.39, 0.29) is 11.8 Å². The summed E-state index contributed by atoms with van der Waals surface area (Å²) < 4.78 is 16.6. The number of amides is 1. The molecule has 2 heterocycles. The van der Waals surface area contributed by atoms with E-state index in [0.29, 0.717) is 49.3 Å². The van der Waals surface area contributed by atoms with Gasteiger partial charge in [-0.15, -0.1) is 0 Å². The summed E-state index contributed by atoms with van der Waals surface area (Å²) in [6.45, 7) is 3.30. The molecule has 156 valence electrons. The van der Waals surface area contributed by atoms with Crippen LogP contribution in [0.25, 0.3) is 11.4 Å². The number of aromatic nitrogens is 2. The molecule has 0 aliphatic carbocycles. The van der Waals surface area contributed by atoms with Gasteiger partial charge in [-0.05, 0) is 61.4 Å². The standard InChI is InChI=1S/C22H22ClN3O4/c1-2-28-18-7-8-19-15(12-18)11-16(13-29-19)22(27)24-10-9-20-25-21(26-30-20)14-3-5-17(23)6-4-14/h3-8,12,16H,2,9-11,13H2,1H3,(H,24,27). The summed E-state index contributed by atoms with van der Waals surface area (Å²) in [5.74, 6) is 2.25. The topological polar surface area (TPSA) is 86.5 Å². The smallest absolute Gasteiger partial charge is 0.228 e. The second-order valence-corrected chi connectivity index (χ2v) is 7.41. The molecule has 7 nitrogen and oxygen atoms in total. The maximum atomic E-state index is 12.6. The van der Waals surface area contributed by atoms with Crippen LogP contribution in [0.3, 0.4) is 0 Å². The van der Waals surface area contributed by atoms with Crippen LogP contribution in [-0.4, -0.2) is 35.8 Å². The fourth-order valence-corrected chi connectivity index (χ4v) is 3.43. The monoisotopic (exact) mass is 427 g/mol. The molecule has 0 saturated carbocycles. The number of fused-ring (bicyclic) bond motifs is 1. The minimum absolute atomic E-state index is 0.0556. The molecule has 30 heavy (non-hydrogen) atoms. The molecule has 0 saturated heterocycles. The lowest BCUT2D eigenvalue weighted by molar-refractivity contribution is -0.126. The van der Waals surface area contributed by atoms with Gasteiger partial charge in [0.2, 0.25) is 17.6 Å². The molecule has 4 rings (SSSR count). The third-order valence-corrected chi connectivity index (χ3v) is 5.08. The van der Waals surface area contributed by atoms with E-state index in [1.165, 1.54) is 0 Å². The Morgan fingerprint density at radius 2 is 2.10 bits per heavy atom. The fraction of sp³-hybridized carbons (Fsp3) is 0.318. The van der Waals surface area contributed by atoms with E-state index in [0.717, 1.165) is 22.6 Å². The van der Waals surface area contributed by atoms with Gasteiger partial charge < -0.3 is 19.3 Å². The second-order valence-electron chi connectivity index (χ2n) is 6.97. The van der Waals surface area contributed by atoms with Crippen LogP contribution >= 0.6 is 11.6 Å². The summed E-state index contributed by atoms with van der Waals surface area (Å²) in [4.78, 5) is 16.9. The van der Waals surface area contributed by atoms with Crippen LogP contribution in [0.2, 0.25) is 5.02 Å². The normalized spacial score (nSPS) is 15.2. The molecular weight excluding hydrogens is 406 g/mol. The number of rotatable bonds is 7. The maximum absolute atomic E-state index is 12.6. The second kappa shape index (κ2) is 9.17. The van der Waals surface area contributed by atoms with E-state index in [1.807, 2.05) is 37.3 Å². The summed E-state index contributed by atoms with van der Waals surface area (Å²) in [5, 5.41) is 7.56. The zero-order chi connectivity index (χ0) is 20.9. The number of nitrogens with one attached hydrogen (secondary N) is 1. The van der Waals surface area contributed by atoms with Gasteiger partial charge >= 0.3 is 0 Å². The molecular formula is C22H22ClN3O4. The highest BCUT2D eigenvalue weighted by atomic mass is 35.5. The number of halogens is 1. The van der Waals surface area contributed by atoms with E-state index in [4.69, 9.17) is 25.6 Å². The zero-order valence-electron chi connectivity index (χ0n) is 16.6. The van der Waals surface area contributed by atoms with Gasteiger partial charge in [0.05, 0.1) is 12.5 Å². The van der Waals surface area contributed by atoms with Crippen molar-refractivity contribution >= 4 is 17.5 Å². The average Bonchev–Trinajstić information content (AvgIpc) is 3.23. The van der Waals surface area contributed by atoms with Crippen LogP contribution in [-0.2, 0) is 17.6 Å². The summed E-state index contributed by atoms with van der Waals surface area (Å²) in [5.41, 5.74) is 1.81. The molecule has 0 radical (unpaired) electrons. The highest BCUT2D eigenvalue weighted by Crippen LogP contribution is 2.30. The van der Waals surface area contributed by atoms with Gasteiger partial charge in [-0.25, -0.2) is 0 Å². The highest BCUT2D eigenvalue weighted by Gasteiger charge is 2.26. The van der Waals surface area contributed by atoms with Gasteiger partial charge in [0.25, 0.3) is 0 Å². The van der Waals surface area contributed by atoms with E-state index in [2.05, 4.69) is 15.5 Å². The Morgan fingerprint density at radius 3 is 2.90 bits per heavy atom. The molecule has 1 N–H and O–H groups in total. The van der Waals surface area contributed by atoms with Crippen molar-refractivity contribution in [2.45, 2.75) is 19.8 Å². The minimum atomic E-state index is -0.248. The molecule has 1 unspecified atom stereocenters. The third kappa shape index (κ3) is 4.74.